The van der Waals surface area contributed by atoms with Gasteiger partial charge in [0.25, 0.3) is 0 Å². The zero-order chi connectivity index (χ0) is 16.7. The lowest BCUT2D eigenvalue weighted by molar-refractivity contribution is -0.131. The zero-order valence-electron chi connectivity index (χ0n) is 15.6. The normalized spacial score (nSPS) is 15.5. The number of halogens is 2. The van der Waals surface area contributed by atoms with Crippen LogP contribution in [0, 0.1) is 11.8 Å². The molecule has 6 heteroatoms. The van der Waals surface area contributed by atoms with Crippen LogP contribution in [0.1, 0.15) is 26.2 Å². The van der Waals surface area contributed by atoms with Crippen molar-refractivity contribution in [2.24, 2.45) is 11.8 Å². The van der Waals surface area contributed by atoms with E-state index < -0.39 is 0 Å². The van der Waals surface area contributed by atoms with Gasteiger partial charge in [-0.25, -0.2) is 0 Å². The second-order valence-electron chi connectivity index (χ2n) is 6.84. The van der Waals surface area contributed by atoms with Crippen molar-refractivity contribution >= 4 is 36.4 Å². The van der Waals surface area contributed by atoms with Gasteiger partial charge in [0, 0.05) is 39.3 Å². The standard InChI is InChI=1S/C19H31N3O.2ClH/c1-16(17-9-11-20-12-10-17)15-19(23)22(3)14-13-21(2)18-7-5-4-6-8-18;;/h4-8,16-17,20H,9-15H2,1-3H3;2*1H. The highest BCUT2D eigenvalue weighted by atomic mass is 35.5. The molecule has 2 rings (SSSR count). The summed E-state index contributed by atoms with van der Waals surface area (Å²) in [5, 5.41) is 3.39. The minimum absolute atomic E-state index is 0. The summed E-state index contributed by atoms with van der Waals surface area (Å²) in [6, 6.07) is 10.3. The molecular weight excluding hydrogens is 357 g/mol. The fraction of sp³-hybridized carbons (Fsp3) is 0.632. The van der Waals surface area contributed by atoms with Crippen LogP contribution < -0.4 is 10.2 Å². The molecule has 1 N–H and O–H groups in total. The van der Waals surface area contributed by atoms with Crippen molar-refractivity contribution in [1.82, 2.24) is 10.2 Å². The van der Waals surface area contributed by atoms with Gasteiger partial charge in [0.1, 0.15) is 0 Å². The summed E-state index contributed by atoms with van der Waals surface area (Å²) in [7, 11) is 4.00. The van der Waals surface area contributed by atoms with Crippen molar-refractivity contribution in [2.45, 2.75) is 26.2 Å². The first-order chi connectivity index (χ1) is 11.1. The molecule has 1 fully saturated rings. The summed E-state index contributed by atoms with van der Waals surface area (Å²) in [5.41, 5.74) is 1.19. The van der Waals surface area contributed by atoms with Crippen LogP contribution in [0.5, 0.6) is 0 Å². The summed E-state index contributed by atoms with van der Waals surface area (Å²) in [6.45, 7) is 6.05. The molecule has 144 valence electrons. The Kier molecular flexibility index (Phi) is 11.9. The molecule has 0 radical (unpaired) electrons. The number of nitrogens with zero attached hydrogens (tertiary/aromatic N) is 2. The van der Waals surface area contributed by atoms with Gasteiger partial charge in [-0.2, -0.15) is 0 Å². The van der Waals surface area contributed by atoms with Crippen molar-refractivity contribution in [3.63, 3.8) is 0 Å². The molecule has 1 aliphatic rings. The number of piperidine rings is 1. The maximum Gasteiger partial charge on any atom is 0.222 e. The van der Waals surface area contributed by atoms with Gasteiger partial charge < -0.3 is 15.1 Å². The Bertz CT molecular complexity index is 481. The molecule has 1 atom stereocenters. The van der Waals surface area contributed by atoms with E-state index in [4.69, 9.17) is 0 Å². The third kappa shape index (κ3) is 7.85. The number of benzene rings is 1. The number of nitrogens with one attached hydrogen (secondary N) is 1. The average molecular weight is 390 g/mol. The number of amides is 1. The average Bonchev–Trinajstić information content (AvgIpc) is 2.60. The van der Waals surface area contributed by atoms with Gasteiger partial charge in [0.05, 0.1) is 0 Å². The molecule has 1 heterocycles. The summed E-state index contributed by atoms with van der Waals surface area (Å²) in [4.78, 5) is 16.5. The van der Waals surface area contributed by atoms with Crippen molar-refractivity contribution in [3.05, 3.63) is 30.3 Å². The van der Waals surface area contributed by atoms with Crippen molar-refractivity contribution in [2.75, 3.05) is 45.2 Å². The van der Waals surface area contributed by atoms with E-state index in [0.29, 0.717) is 18.3 Å². The van der Waals surface area contributed by atoms with Gasteiger partial charge in [-0.15, -0.1) is 24.8 Å². The van der Waals surface area contributed by atoms with E-state index in [0.717, 1.165) is 26.2 Å². The van der Waals surface area contributed by atoms with Gasteiger partial charge in [-0.05, 0) is 49.9 Å². The Balaban J connectivity index is 0.00000288. The number of rotatable bonds is 7. The van der Waals surface area contributed by atoms with Crippen LogP contribution in [0.15, 0.2) is 30.3 Å². The number of hydrogen-bond donors (Lipinski definition) is 1. The predicted molar refractivity (Wildman–Crippen MR) is 111 cm³/mol. The molecule has 0 aromatic heterocycles. The lowest BCUT2D eigenvalue weighted by Gasteiger charge is -2.29. The minimum Gasteiger partial charge on any atom is -0.373 e. The van der Waals surface area contributed by atoms with E-state index in [-0.39, 0.29) is 30.7 Å². The molecule has 1 aliphatic heterocycles. The number of para-hydroxylation sites is 1. The van der Waals surface area contributed by atoms with E-state index >= 15 is 0 Å². The van der Waals surface area contributed by atoms with Crippen LogP contribution >= 0.6 is 24.8 Å². The highest BCUT2D eigenvalue weighted by molar-refractivity contribution is 5.85. The first-order valence-corrected chi connectivity index (χ1v) is 8.78. The van der Waals surface area contributed by atoms with Gasteiger partial charge in [-0.3, -0.25) is 4.79 Å². The molecule has 0 saturated carbocycles. The van der Waals surface area contributed by atoms with Crippen molar-refractivity contribution in [1.29, 1.82) is 0 Å². The molecular formula is C19H33Cl2N3O. The molecule has 1 aromatic rings. The lowest BCUT2D eigenvalue weighted by Crippen LogP contribution is -2.37. The minimum atomic E-state index is 0. The van der Waals surface area contributed by atoms with Crippen LogP contribution in [0.25, 0.3) is 0 Å². The number of carbonyl (C=O) groups excluding carboxylic acids is 1. The third-order valence-electron chi connectivity index (χ3n) is 5.08. The Morgan fingerprint density at radius 3 is 2.32 bits per heavy atom. The Morgan fingerprint density at radius 2 is 1.72 bits per heavy atom. The molecule has 1 saturated heterocycles. The summed E-state index contributed by atoms with van der Waals surface area (Å²) >= 11 is 0. The maximum absolute atomic E-state index is 12.4. The molecule has 1 unspecified atom stereocenters. The quantitative estimate of drug-likeness (QED) is 0.775. The summed E-state index contributed by atoms with van der Waals surface area (Å²) in [6.07, 6.45) is 3.08. The van der Waals surface area contributed by atoms with E-state index in [1.54, 1.807) is 0 Å². The van der Waals surface area contributed by atoms with Crippen LogP contribution in [0.2, 0.25) is 0 Å². The predicted octanol–water partition coefficient (Wildman–Crippen LogP) is 3.45. The first-order valence-electron chi connectivity index (χ1n) is 8.78. The molecule has 4 nitrogen and oxygen atoms in total. The Labute approximate surface area is 165 Å². The van der Waals surface area contributed by atoms with E-state index in [2.05, 4.69) is 36.3 Å². The van der Waals surface area contributed by atoms with Gasteiger partial charge in [-0.1, -0.05) is 25.1 Å². The number of hydrogen-bond acceptors (Lipinski definition) is 3. The SMILES string of the molecule is CC(CC(=O)N(C)CCN(C)c1ccccc1)C1CCNCC1.Cl.Cl. The smallest absolute Gasteiger partial charge is 0.222 e. The Morgan fingerprint density at radius 1 is 1.12 bits per heavy atom. The van der Waals surface area contributed by atoms with E-state index in [1.165, 1.54) is 18.5 Å². The Hall–Kier alpha value is -0.970. The lowest BCUT2D eigenvalue weighted by atomic mass is 9.84. The molecule has 1 aromatic carbocycles. The maximum atomic E-state index is 12.4. The van der Waals surface area contributed by atoms with Crippen LogP contribution in [-0.4, -0.2) is 51.1 Å². The monoisotopic (exact) mass is 389 g/mol. The van der Waals surface area contributed by atoms with Gasteiger partial charge >= 0.3 is 0 Å². The zero-order valence-corrected chi connectivity index (χ0v) is 17.2. The topological polar surface area (TPSA) is 35.6 Å². The fourth-order valence-electron chi connectivity index (χ4n) is 3.25. The first kappa shape index (κ1) is 24.0. The molecule has 25 heavy (non-hydrogen) atoms. The van der Waals surface area contributed by atoms with Gasteiger partial charge in [0.2, 0.25) is 5.91 Å². The second-order valence-corrected chi connectivity index (χ2v) is 6.84. The van der Waals surface area contributed by atoms with E-state index in [9.17, 15) is 4.79 Å². The van der Waals surface area contributed by atoms with Crippen molar-refractivity contribution < 1.29 is 4.79 Å². The molecule has 0 bridgehead atoms. The highest BCUT2D eigenvalue weighted by Crippen LogP contribution is 2.24. The highest BCUT2D eigenvalue weighted by Gasteiger charge is 2.23. The number of likely N-dealkylation sites (N-methyl/N-ethyl adjacent to an activating group) is 2. The largest absolute Gasteiger partial charge is 0.373 e. The molecule has 0 aliphatic carbocycles. The summed E-state index contributed by atoms with van der Waals surface area (Å²) in [5.74, 6) is 1.46. The van der Waals surface area contributed by atoms with Crippen molar-refractivity contribution in [3.8, 4) is 0 Å². The van der Waals surface area contributed by atoms with Crippen LogP contribution in [-0.2, 0) is 4.79 Å². The van der Waals surface area contributed by atoms with Crippen LogP contribution in [0.4, 0.5) is 5.69 Å². The summed E-state index contributed by atoms with van der Waals surface area (Å²) < 4.78 is 0. The van der Waals surface area contributed by atoms with Crippen LogP contribution in [0.3, 0.4) is 0 Å². The fourth-order valence-corrected chi connectivity index (χ4v) is 3.25. The third-order valence-corrected chi connectivity index (χ3v) is 5.08. The second kappa shape index (κ2) is 12.4. The molecule has 1 amide bonds. The van der Waals surface area contributed by atoms with Gasteiger partial charge in [0.15, 0.2) is 0 Å². The van der Waals surface area contributed by atoms with E-state index in [1.807, 2.05) is 30.1 Å². The number of anilines is 1. The number of carbonyl (C=O) groups is 1. The molecule has 0 spiro atoms.